The molecule has 1 fully saturated rings. The maximum Gasteiger partial charge on any atom is 0.223 e. The third-order valence-electron chi connectivity index (χ3n) is 3.64. The molecule has 18 heavy (non-hydrogen) atoms. The molecule has 1 aliphatic carbocycles. The van der Waals surface area contributed by atoms with Gasteiger partial charge in [0, 0.05) is 26.1 Å². The minimum Gasteiger partial charge on any atom is -0.342 e. The van der Waals surface area contributed by atoms with Crippen LogP contribution in [-0.4, -0.2) is 37.5 Å². The second-order valence-electron chi connectivity index (χ2n) is 5.20. The number of rotatable bonds is 7. The molecule has 4 heteroatoms. The van der Waals surface area contributed by atoms with Crippen LogP contribution in [0.25, 0.3) is 0 Å². The Morgan fingerprint density at radius 1 is 1.28 bits per heavy atom. The maximum absolute atomic E-state index is 12.1. The molecule has 1 aliphatic rings. The van der Waals surface area contributed by atoms with Gasteiger partial charge in [-0.05, 0) is 32.2 Å². The zero-order chi connectivity index (χ0) is 12.5. The van der Waals surface area contributed by atoms with Crippen LogP contribution in [0.2, 0.25) is 0 Å². The molecular formula is C14H29ClN2O. The molecule has 0 bridgehead atoms. The van der Waals surface area contributed by atoms with Crippen LogP contribution in [0.5, 0.6) is 0 Å². The summed E-state index contributed by atoms with van der Waals surface area (Å²) in [6.45, 7) is 4.87. The van der Waals surface area contributed by atoms with Gasteiger partial charge in [0.05, 0.1) is 0 Å². The maximum atomic E-state index is 12.1. The van der Waals surface area contributed by atoms with E-state index in [-0.39, 0.29) is 12.4 Å². The molecule has 0 radical (unpaired) electrons. The van der Waals surface area contributed by atoms with E-state index in [1.807, 2.05) is 7.05 Å². The molecule has 108 valence electrons. The molecule has 0 aliphatic heterocycles. The van der Waals surface area contributed by atoms with Crippen molar-refractivity contribution in [3.63, 3.8) is 0 Å². The molecule has 3 nitrogen and oxygen atoms in total. The van der Waals surface area contributed by atoms with Crippen LogP contribution in [0.15, 0.2) is 0 Å². The average molecular weight is 277 g/mol. The van der Waals surface area contributed by atoms with Gasteiger partial charge < -0.3 is 10.2 Å². The minimum absolute atomic E-state index is 0. The Labute approximate surface area is 118 Å². The van der Waals surface area contributed by atoms with Gasteiger partial charge in [0.15, 0.2) is 0 Å². The topological polar surface area (TPSA) is 32.3 Å². The van der Waals surface area contributed by atoms with E-state index >= 15 is 0 Å². The normalized spacial score (nSPS) is 16.1. The molecule has 1 rings (SSSR count). The Morgan fingerprint density at radius 3 is 2.50 bits per heavy atom. The van der Waals surface area contributed by atoms with Crippen molar-refractivity contribution < 1.29 is 4.79 Å². The van der Waals surface area contributed by atoms with Crippen LogP contribution in [0, 0.1) is 5.92 Å². The molecule has 0 heterocycles. The molecule has 0 aromatic rings. The predicted octanol–water partition coefficient (Wildman–Crippen LogP) is 2.84. The zero-order valence-corrected chi connectivity index (χ0v) is 12.7. The number of halogens is 1. The monoisotopic (exact) mass is 276 g/mol. The quantitative estimate of drug-likeness (QED) is 0.776. The molecule has 1 amide bonds. The Bertz CT molecular complexity index is 218. The van der Waals surface area contributed by atoms with E-state index < -0.39 is 0 Å². The number of amides is 1. The molecule has 0 aromatic heterocycles. The molecule has 0 unspecified atom stereocenters. The van der Waals surface area contributed by atoms with Gasteiger partial charge in [0.1, 0.15) is 0 Å². The smallest absolute Gasteiger partial charge is 0.223 e. The van der Waals surface area contributed by atoms with Crippen LogP contribution < -0.4 is 5.32 Å². The van der Waals surface area contributed by atoms with Crippen molar-refractivity contribution >= 4 is 18.3 Å². The first-order chi connectivity index (χ1) is 8.27. The second kappa shape index (κ2) is 10.6. The Hall–Kier alpha value is -0.280. The standard InChI is InChI=1S/C14H28N2O.ClH/c1-3-11-16(14(17)9-10-15-2)12-13-7-5-4-6-8-13;/h13,15H,3-12H2,1-2H3;1H. The van der Waals surface area contributed by atoms with Crippen molar-refractivity contribution in [3.8, 4) is 0 Å². The summed E-state index contributed by atoms with van der Waals surface area (Å²) in [7, 11) is 1.90. The Morgan fingerprint density at radius 2 is 1.94 bits per heavy atom. The van der Waals surface area contributed by atoms with Crippen molar-refractivity contribution in [2.75, 3.05) is 26.7 Å². The summed E-state index contributed by atoms with van der Waals surface area (Å²) >= 11 is 0. The van der Waals surface area contributed by atoms with Crippen LogP contribution in [0.1, 0.15) is 51.9 Å². The average Bonchev–Trinajstić information content (AvgIpc) is 2.36. The van der Waals surface area contributed by atoms with Crippen LogP contribution in [0.4, 0.5) is 0 Å². The van der Waals surface area contributed by atoms with Gasteiger partial charge in [0.25, 0.3) is 0 Å². The van der Waals surface area contributed by atoms with E-state index in [0.717, 1.165) is 32.0 Å². The Balaban J connectivity index is 0.00000289. The fourth-order valence-electron chi connectivity index (χ4n) is 2.66. The van der Waals surface area contributed by atoms with E-state index in [2.05, 4.69) is 17.1 Å². The molecular weight excluding hydrogens is 248 g/mol. The summed E-state index contributed by atoms with van der Waals surface area (Å²) in [5, 5.41) is 3.05. The lowest BCUT2D eigenvalue weighted by molar-refractivity contribution is -0.131. The fraction of sp³-hybridized carbons (Fsp3) is 0.929. The van der Waals surface area contributed by atoms with E-state index in [0.29, 0.717) is 12.3 Å². The van der Waals surface area contributed by atoms with Crippen molar-refractivity contribution in [1.29, 1.82) is 0 Å². The predicted molar refractivity (Wildman–Crippen MR) is 79.2 cm³/mol. The van der Waals surface area contributed by atoms with Gasteiger partial charge >= 0.3 is 0 Å². The van der Waals surface area contributed by atoms with E-state index in [4.69, 9.17) is 0 Å². The summed E-state index contributed by atoms with van der Waals surface area (Å²) in [5.41, 5.74) is 0. The molecule has 1 saturated carbocycles. The van der Waals surface area contributed by atoms with E-state index in [9.17, 15) is 4.79 Å². The summed E-state index contributed by atoms with van der Waals surface area (Å²) in [6.07, 6.45) is 8.45. The SMILES string of the molecule is CCCN(CC1CCCCC1)C(=O)CCNC.Cl. The lowest BCUT2D eigenvalue weighted by Crippen LogP contribution is -2.37. The first-order valence-electron chi connectivity index (χ1n) is 7.20. The van der Waals surface area contributed by atoms with E-state index in [1.165, 1.54) is 32.1 Å². The van der Waals surface area contributed by atoms with Crippen molar-refractivity contribution in [3.05, 3.63) is 0 Å². The largest absolute Gasteiger partial charge is 0.342 e. The number of carbonyl (C=O) groups excluding carboxylic acids is 1. The number of hydrogen-bond acceptors (Lipinski definition) is 2. The van der Waals surface area contributed by atoms with Gasteiger partial charge in [-0.3, -0.25) is 4.79 Å². The van der Waals surface area contributed by atoms with Crippen molar-refractivity contribution in [2.24, 2.45) is 5.92 Å². The highest BCUT2D eigenvalue weighted by Gasteiger charge is 2.19. The zero-order valence-electron chi connectivity index (χ0n) is 11.9. The summed E-state index contributed by atoms with van der Waals surface area (Å²) in [4.78, 5) is 14.1. The van der Waals surface area contributed by atoms with Gasteiger partial charge in [-0.1, -0.05) is 26.2 Å². The van der Waals surface area contributed by atoms with Gasteiger partial charge in [0.2, 0.25) is 5.91 Å². The first kappa shape index (κ1) is 17.7. The molecule has 0 atom stereocenters. The van der Waals surface area contributed by atoms with Gasteiger partial charge in [-0.2, -0.15) is 0 Å². The van der Waals surface area contributed by atoms with Gasteiger partial charge in [-0.15, -0.1) is 12.4 Å². The van der Waals surface area contributed by atoms with Gasteiger partial charge in [-0.25, -0.2) is 0 Å². The second-order valence-corrected chi connectivity index (χ2v) is 5.20. The Kier molecular flexibility index (Phi) is 10.5. The summed E-state index contributed by atoms with van der Waals surface area (Å²) in [5.74, 6) is 1.08. The highest BCUT2D eigenvalue weighted by Crippen LogP contribution is 2.24. The first-order valence-corrected chi connectivity index (χ1v) is 7.20. The highest BCUT2D eigenvalue weighted by molar-refractivity contribution is 5.85. The lowest BCUT2D eigenvalue weighted by Gasteiger charge is -2.29. The highest BCUT2D eigenvalue weighted by atomic mass is 35.5. The lowest BCUT2D eigenvalue weighted by atomic mass is 9.89. The molecule has 0 spiro atoms. The summed E-state index contributed by atoms with van der Waals surface area (Å²) < 4.78 is 0. The van der Waals surface area contributed by atoms with Crippen molar-refractivity contribution in [2.45, 2.75) is 51.9 Å². The van der Waals surface area contributed by atoms with E-state index in [1.54, 1.807) is 0 Å². The number of nitrogens with one attached hydrogen (secondary N) is 1. The number of hydrogen-bond donors (Lipinski definition) is 1. The number of carbonyl (C=O) groups is 1. The molecule has 0 saturated heterocycles. The number of nitrogens with zero attached hydrogens (tertiary/aromatic N) is 1. The van der Waals surface area contributed by atoms with Crippen LogP contribution in [0.3, 0.4) is 0 Å². The third-order valence-corrected chi connectivity index (χ3v) is 3.64. The fourth-order valence-corrected chi connectivity index (χ4v) is 2.66. The summed E-state index contributed by atoms with van der Waals surface area (Å²) in [6, 6.07) is 0. The minimum atomic E-state index is 0. The molecule has 0 aromatic carbocycles. The van der Waals surface area contributed by atoms with Crippen LogP contribution in [-0.2, 0) is 4.79 Å². The third kappa shape index (κ3) is 6.60. The molecule has 1 N–H and O–H groups in total. The van der Waals surface area contributed by atoms with Crippen molar-refractivity contribution in [1.82, 2.24) is 10.2 Å². The van der Waals surface area contributed by atoms with Crippen LogP contribution >= 0.6 is 12.4 Å².